The van der Waals surface area contributed by atoms with Gasteiger partial charge in [0.25, 0.3) is 0 Å². The number of nitrogens with zero attached hydrogens (tertiary/aromatic N) is 6. The van der Waals surface area contributed by atoms with E-state index in [4.69, 9.17) is 14.5 Å². The van der Waals surface area contributed by atoms with E-state index in [2.05, 4.69) is 49.5 Å². The van der Waals surface area contributed by atoms with Crippen molar-refractivity contribution >= 4 is 23.3 Å². The molecule has 11 heteroatoms. The van der Waals surface area contributed by atoms with Gasteiger partial charge < -0.3 is 25.0 Å². The fraction of sp³-hybridized carbons (Fsp3) is 0.448. The number of ether oxygens (including phenoxy) is 2. The summed E-state index contributed by atoms with van der Waals surface area (Å²) in [5, 5.41) is 15.8. The molecular weight excluding hydrogens is 511 g/mol. The van der Waals surface area contributed by atoms with E-state index >= 15 is 0 Å². The Morgan fingerprint density at radius 3 is 2.45 bits per heavy atom. The Morgan fingerprint density at radius 2 is 1.75 bits per heavy atom. The highest BCUT2D eigenvalue weighted by Gasteiger charge is 2.28. The maximum atomic E-state index is 13.4. The summed E-state index contributed by atoms with van der Waals surface area (Å²) in [6, 6.07) is 12.1. The van der Waals surface area contributed by atoms with Gasteiger partial charge in [-0.1, -0.05) is 32.0 Å². The number of nitrogens with one attached hydrogen (secondary N) is 2. The number of hydrogen-bond donors (Lipinski definition) is 2. The summed E-state index contributed by atoms with van der Waals surface area (Å²) < 4.78 is 24.2. The van der Waals surface area contributed by atoms with Crippen molar-refractivity contribution in [2.24, 2.45) is 16.1 Å². The van der Waals surface area contributed by atoms with Gasteiger partial charge in [-0.15, -0.1) is 5.11 Å². The lowest BCUT2D eigenvalue weighted by molar-refractivity contribution is 0.243. The highest BCUT2D eigenvalue weighted by Crippen LogP contribution is 2.42. The van der Waals surface area contributed by atoms with Gasteiger partial charge in [0.1, 0.15) is 11.5 Å². The minimum Gasteiger partial charge on any atom is -0.493 e. The lowest BCUT2D eigenvalue weighted by Gasteiger charge is -2.37. The molecule has 0 aliphatic carbocycles. The quantitative estimate of drug-likeness (QED) is 0.337. The van der Waals surface area contributed by atoms with Crippen molar-refractivity contribution in [3.8, 4) is 11.5 Å². The van der Waals surface area contributed by atoms with Crippen molar-refractivity contribution in [2.75, 3.05) is 62.5 Å². The molecule has 1 saturated heterocycles. The topological polar surface area (TPSA) is 99.5 Å². The van der Waals surface area contributed by atoms with Crippen LogP contribution in [0.5, 0.6) is 11.5 Å². The Labute approximate surface area is 234 Å². The van der Waals surface area contributed by atoms with Gasteiger partial charge in [-0.25, -0.2) is 4.39 Å². The molecule has 5 rings (SSSR count). The van der Waals surface area contributed by atoms with Crippen LogP contribution in [0.2, 0.25) is 0 Å². The first-order valence-electron chi connectivity index (χ1n) is 13.7. The van der Waals surface area contributed by atoms with E-state index in [9.17, 15) is 4.39 Å². The van der Waals surface area contributed by atoms with Crippen LogP contribution >= 0.6 is 0 Å². The molecule has 1 unspecified atom stereocenters. The van der Waals surface area contributed by atoms with Gasteiger partial charge in [0, 0.05) is 38.3 Å². The zero-order chi connectivity index (χ0) is 28.1. The number of fused-ring (bicyclic) bond motifs is 1. The first-order valence-corrected chi connectivity index (χ1v) is 13.7. The lowest BCUT2D eigenvalue weighted by atomic mass is 10.1. The second-order valence-corrected chi connectivity index (χ2v) is 10.4. The fourth-order valence-electron chi connectivity index (χ4n) is 4.81. The van der Waals surface area contributed by atoms with Crippen molar-refractivity contribution < 1.29 is 13.9 Å². The molecule has 1 atom stereocenters. The summed E-state index contributed by atoms with van der Waals surface area (Å²) in [4.78, 5) is 14.4. The molecule has 2 aromatic carbocycles. The minimum absolute atomic E-state index is 0.265. The maximum Gasteiger partial charge on any atom is 0.227 e. The van der Waals surface area contributed by atoms with E-state index in [1.807, 2.05) is 18.2 Å². The van der Waals surface area contributed by atoms with E-state index in [1.165, 1.54) is 18.6 Å². The Hall–Kier alpha value is -3.99. The van der Waals surface area contributed by atoms with Gasteiger partial charge in [-0.2, -0.15) is 15.1 Å². The van der Waals surface area contributed by atoms with Crippen molar-refractivity contribution in [1.82, 2.24) is 14.9 Å². The first-order chi connectivity index (χ1) is 19.4. The molecule has 3 heterocycles. The molecule has 0 spiro atoms. The number of hydrogen-bond acceptors (Lipinski definition) is 10. The molecular formula is C29H37FN8O2. The normalized spacial score (nSPS) is 16.9. The second kappa shape index (κ2) is 12.5. The summed E-state index contributed by atoms with van der Waals surface area (Å²) in [7, 11) is 3.22. The second-order valence-electron chi connectivity index (χ2n) is 10.4. The Balaban J connectivity index is 1.40. The molecule has 0 amide bonds. The number of aromatic nitrogens is 2. The zero-order valence-corrected chi connectivity index (χ0v) is 23.5. The molecule has 40 heavy (non-hydrogen) atoms. The summed E-state index contributed by atoms with van der Waals surface area (Å²) in [6.45, 7) is 9.70. The third-order valence-electron chi connectivity index (χ3n) is 7.20. The van der Waals surface area contributed by atoms with Crippen LogP contribution in [-0.4, -0.2) is 61.8 Å². The van der Waals surface area contributed by atoms with Crippen LogP contribution in [0, 0.1) is 11.7 Å². The van der Waals surface area contributed by atoms with Crippen molar-refractivity contribution in [1.29, 1.82) is 0 Å². The third-order valence-corrected chi connectivity index (χ3v) is 7.20. The maximum absolute atomic E-state index is 13.4. The number of methoxy groups -OCH3 is 2. The standard InChI is InChI=1S/C29H37FN8O2/c1-19(2)11-12-37-13-15-38(16-14-37)28-25-27(33-29(34-28)31-18-20-5-8-22(30)9-6-20)36-35-26(32-25)21-7-10-23(39-3)24(17-21)40-4/h5-10,17,19,26,32H,11-16,18H2,1-4H3,(H,31,33,34). The van der Waals surface area contributed by atoms with Gasteiger partial charge in [0.2, 0.25) is 11.8 Å². The molecule has 0 radical (unpaired) electrons. The van der Waals surface area contributed by atoms with Crippen LogP contribution in [0.15, 0.2) is 52.7 Å². The van der Waals surface area contributed by atoms with E-state index in [1.54, 1.807) is 26.4 Å². The number of anilines is 3. The van der Waals surface area contributed by atoms with Gasteiger partial charge in [0.15, 0.2) is 23.5 Å². The van der Waals surface area contributed by atoms with E-state index in [0.717, 1.165) is 55.4 Å². The Kier molecular flexibility index (Phi) is 8.59. The monoisotopic (exact) mass is 548 g/mol. The largest absolute Gasteiger partial charge is 0.493 e. The van der Waals surface area contributed by atoms with Gasteiger partial charge in [0.05, 0.1) is 14.2 Å². The van der Waals surface area contributed by atoms with Crippen LogP contribution in [0.4, 0.5) is 27.7 Å². The molecule has 2 aliphatic heterocycles. The van der Waals surface area contributed by atoms with Crippen molar-refractivity contribution in [3.05, 3.63) is 59.4 Å². The number of benzene rings is 2. The van der Waals surface area contributed by atoms with Crippen molar-refractivity contribution in [3.63, 3.8) is 0 Å². The smallest absolute Gasteiger partial charge is 0.227 e. The van der Waals surface area contributed by atoms with E-state index < -0.39 is 6.17 Å². The van der Waals surface area contributed by atoms with Crippen molar-refractivity contribution in [2.45, 2.75) is 33.0 Å². The fourth-order valence-corrected chi connectivity index (χ4v) is 4.81. The molecule has 2 aliphatic rings. The van der Waals surface area contributed by atoms with Gasteiger partial charge in [-0.05, 0) is 48.7 Å². The third kappa shape index (κ3) is 6.41. The van der Waals surface area contributed by atoms with Crippen LogP contribution in [0.25, 0.3) is 0 Å². The van der Waals surface area contributed by atoms with E-state index in [-0.39, 0.29) is 5.82 Å². The predicted octanol–water partition coefficient (Wildman–Crippen LogP) is 5.62. The molecule has 1 fully saturated rings. The SMILES string of the molecule is COc1ccc(C2N=Nc3nc(NCc4ccc(F)cc4)nc(N4CCN(CCC(C)C)CC4)c3N2)cc1OC. The minimum atomic E-state index is -0.431. The van der Waals surface area contributed by atoms with Gasteiger partial charge in [-0.3, -0.25) is 4.90 Å². The predicted molar refractivity (Wildman–Crippen MR) is 154 cm³/mol. The number of halogens is 1. The molecule has 0 saturated carbocycles. The molecule has 3 aromatic rings. The number of piperazine rings is 1. The average molecular weight is 549 g/mol. The zero-order valence-electron chi connectivity index (χ0n) is 23.5. The number of rotatable bonds is 10. The number of azo groups is 1. The molecule has 1 aromatic heterocycles. The molecule has 10 nitrogen and oxygen atoms in total. The van der Waals surface area contributed by atoms with Gasteiger partial charge >= 0.3 is 0 Å². The highest BCUT2D eigenvalue weighted by molar-refractivity contribution is 5.78. The molecule has 2 N–H and O–H groups in total. The van der Waals surface area contributed by atoms with Crippen LogP contribution < -0.4 is 25.0 Å². The van der Waals surface area contributed by atoms with E-state index in [0.29, 0.717) is 35.7 Å². The Bertz CT molecular complexity index is 1330. The van der Waals surface area contributed by atoms with Crippen LogP contribution in [-0.2, 0) is 6.54 Å². The summed E-state index contributed by atoms with van der Waals surface area (Å²) in [5.41, 5.74) is 2.56. The first kappa shape index (κ1) is 27.6. The summed E-state index contributed by atoms with van der Waals surface area (Å²) in [5.74, 6) is 3.41. The summed E-state index contributed by atoms with van der Waals surface area (Å²) >= 11 is 0. The summed E-state index contributed by atoms with van der Waals surface area (Å²) in [6.07, 6.45) is 0.759. The lowest BCUT2D eigenvalue weighted by Crippen LogP contribution is -2.47. The van der Waals surface area contributed by atoms with Crippen LogP contribution in [0.1, 0.15) is 37.6 Å². The Morgan fingerprint density at radius 1 is 1.00 bits per heavy atom. The van der Waals surface area contributed by atoms with Crippen LogP contribution in [0.3, 0.4) is 0 Å². The average Bonchev–Trinajstić information content (AvgIpc) is 2.99. The molecule has 0 bridgehead atoms. The highest BCUT2D eigenvalue weighted by atomic mass is 19.1. The molecule has 212 valence electrons.